The third kappa shape index (κ3) is 5.54. The zero-order chi connectivity index (χ0) is 21.8. The number of nitrogens with one attached hydrogen (secondary N) is 1. The van der Waals surface area contributed by atoms with Crippen molar-refractivity contribution in [3.8, 4) is 5.75 Å². The Hall–Kier alpha value is -2.65. The van der Waals surface area contributed by atoms with Crippen molar-refractivity contribution in [3.63, 3.8) is 0 Å². The molecule has 2 aromatic rings. The minimum absolute atomic E-state index is 0.475. The van der Waals surface area contributed by atoms with E-state index in [0.717, 1.165) is 48.9 Å². The third-order valence-corrected chi connectivity index (χ3v) is 5.59. The van der Waals surface area contributed by atoms with Gasteiger partial charge in [-0.05, 0) is 30.7 Å². The van der Waals surface area contributed by atoms with Gasteiger partial charge in [-0.2, -0.15) is 15.0 Å². The maximum Gasteiger partial charge on any atom is 0.222 e. The summed E-state index contributed by atoms with van der Waals surface area (Å²) in [6.07, 6.45) is 3.54. The van der Waals surface area contributed by atoms with E-state index in [2.05, 4.69) is 58.5 Å². The Kier molecular flexibility index (Phi) is 6.43. The number of hydroxylamine groups is 1. The second kappa shape index (κ2) is 9.23. The minimum Gasteiger partial charge on any atom is -0.493 e. The first-order valence-electron chi connectivity index (χ1n) is 11.0. The highest BCUT2D eigenvalue weighted by atomic mass is 16.7. The van der Waals surface area contributed by atoms with Gasteiger partial charge >= 0.3 is 0 Å². The molecule has 0 atom stereocenters. The van der Waals surface area contributed by atoms with Crippen molar-refractivity contribution in [3.05, 3.63) is 41.7 Å². The normalized spacial score (nSPS) is 18.3. The van der Waals surface area contributed by atoms with E-state index >= 15 is 0 Å². The van der Waals surface area contributed by atoms with Gasteiger partial charge in [-0.25, -0.2) is 15.3 Å². The van der Waals surface area contributed by atoms with Gasteiger partial charge in [0, 0.05) is 39.5 Å². The molecular weight excluding hydrogens is 394 g/mol. The number of aliphatic imine (C=N–C) groups is 1. The summed E-state index contributed by atoms with van der Waals surface area (Å²) in [4.78, 5) is 17.0. The molecule has 1 saturated heterocycles. The van der Waals surface area contributed by atoms with Crippen LogP contribution in [0.5, 0.6) is 5.75 Å². The van der Waals surface area contributed by atoms with Crippen LogP contribution < -0.4 is 10.2 Å². The Labute approximate surface area is 184 Å². The van der Waals surface area contributed by atoms with Gasteiger partial charge in [-0.15, -0.1) is 0 Å². The molecule has 9 heteroatoms. The Morgan fingerprint density at radius 1 is 1.16 bits per heavy atom. The Morgan fingerprint density at radius 3 is 2.55 bits per heavy atom. The SMILES string of the molecule is CC(C)COc1ccc(CN(Cc2cnn(C)n2)C2=NC3(CCN(C)CC3)ON2)cc1. The monoisotopic (exact) mass is 427 g/mol. The van der Waals surface area contributed by atoms with Gasteiger partial charge in [0.25, 0.3) is 0 Å². The number of benzene rings is 1. The first kappa shape index (κ1) is 21.6. The molecule has 168 valence electrons. The zero-order valence-electron chi connectivity index (χ0n) is 18.9. The average molecular weight is 428 g/mol. The molecule has 0 bridgehead atoms. The number of likely N-dealkylation sites (tertiary alicyclic amines) is 1. The molecular formula is C22H33N7O2. The lowest BCUT2D eigenvalue weighted by atomic mass is 10.0. The molecule has 1 aromatic carbocycles. The van der Waals surface area contributed by atoms with Gasteiger partial charge < -0.3 is 14.5 Å². The Balaban J connectivity index is 1.49. The highest BCUT2D eigenvalue weighted by Crippen LogP contribution is 2.30. The topological polar surface area (TPSA) is 80.0 Å². The first-order chi connectivity index (χ1) is 14.9. The van der Waals surface area contributed by atoms with E-state index in [1.165, 1.54) is 0 Å². The third-order valence-electron chi connectivity index (χ3n) is 5.59. The predicted octanol–water partition coefficient (Wildman–Crippen LogP) is 2.16. The number of guanidine groups is 1. The van der Waals surface area contributed by atoms with Crippen molar-refractivity contribution in [1.82, 2.24) is 30.3 Å². The highest BCUT2D eigenvalue weighted by molar-refractivity contribution is 5.80. The maximum atomic E-state index is 5.99. The molecule has 2 aliphatic heterocycles. The van der Waals surface area contributed by atoms with E-state index in [-0.39, 0.29) is 0 Å². The van der Waals surface area contributed by atoms with Crippen LogP contribution in [0.3, 0.4) is 0 Å². The average Bonchev–Trinajstić information content (AvgIpc) is 3.36. The fraction of sp³-hybridized carbons (Fsp3) is 0.591. The van der Waals surface area contributed by atoms with Gasteiger partial charge in [0.15, 0.2) is 5.72 Å². The van der Waals surface area contributed by atoms with Crippen LogP contribution in [0, 0.1) is 5.92 Å². The number of aromatic nitrogens is 3. The zero-order valence-corrected chi connectivity index (χ0v) is 18.9. The van der Waals surface area contributed by atoms with Gasteiger partial charge in [0.1, 0.15) is 11.4 Å². The fourth-order valence-corrected chi connectivity index (χ4v) is 3.73. The molecule has 2 aliphatic rings. The smallest absolute Gasteiger partial charge is 0.222 e. The van der Waals surface area contributed by atoms with Gasteiger partial charge in [0.2, 0.25) is 5.96 Å². The largest absolute Gasteiger partial charge is 0.493 e. The Bertz CT molecular complexity index is 886. The summed E-state index contributed by atoms with van der Waals surface area (Å²) in [6.45, 7) is 8.21. The van der Waals surface area contributed by atoms with Crippen LogP contribution in [-0.2, 0) is 25.0 Å². The second-order valence-electron chi connectivity index (χ2n) is 8.92. The lowest BCUT2D eigenvalue weighted by Crippen LogP contribution is -2.43. The van der Waals surface area contributed by atoms with Gasteiger partial charge in [0.05, 0.1) is 19.3 Å². The van der Waals surface area contributed by atoms with E-state index in [1.54, 1.807) is 11.0 Å². The summed E-state index contributed by atoms with van der Waals surface area (Å²) in [5.74, 6) is 2.14. The molecule has 1 aromatic heterocycles. The molecule has 3 heterocycles. The molecule has 4 rings (SSSR count). The van der Waals surface area contributed by atoms with E-state index in [0.29, 0.717) is 25.6 Å². The molecule has 1 spiro atoms. The van der Waals surface area contributed by atoms with Crippen molar-refractivity contribution < 1.29 is 9.57 Å². The first-order valence-corrected chi connectivity index (χ1v) is 11.0. The van der Waals surface area contributed by atoms with E-state index in [4.69, 9.17) is 14.6 Å². The number of piperidine rings is 1. The van der Waals surface area contributed by atoms with Crippen molar-refractivity contribution >= 4 is 5.96 Å². The lowest BCUT2D eigenvalue weighted by molar-refractivity contribution is -0.0875. The number of aryl methyl sites for hydroxylation is 1. The summed E-state index contributed by atoms with van der Waals surface area (Å²) >= 11 is 0. The van der Waals surface area contributed by atoms with Crippen LogP contribution in [0.1, 0.15) is 37.9 Å². The summed E-state index contributed by atoms with van der Waals surface area (Å²) in [5, 5.41) is 8.65. The molecule has 1 N–H and O–H groups in total. The van der Waals surface area contributed by atoms with Crippen LogP contribution >= 0.6 is 0 Å². The van der Waals surface area contributed by atoms with Crippen LogP contribution in [0.2, 0.25) is 0 Å². The molecule has 0 aliphatic carbocycles. The molecule has 9 nitrogen and oxygen atoms in total. The fourth-order valence-electron chi connectivity index (χ4n) is 3.73. The maximum absolute atomic E-state index is 5.99. The Morgan fingerprint density at radius 2 is 1.90 bits per heavy atom. The minimum atomic E-state index is -0.475. The molecule has 0 amide bonds. The number of ether oxygens (including phenoxy) is 1. The molecule has 1 fully saturated rings. The molecule has 31 heavy (non-hydrogen) atoms. The van der Waals surface area contributed by atoms with Gasteiger partial charge in [-0.3, -0.25) is 0 Å². The standard InChI is InChI=1S/C22H33N7O2/c1-17(2)16-30-20-7-5-18(6-8-20)14-29(15-19-13-23-28(4)25-19)21-24-22(31-26-21)9-11-27(3)12-10-22/h5-8,13,17H,9-12,14-16H2,1-4H3,(H,24,26). The van der Waals surface area contributed by atoms with Crippen LogP contribution in [-0.4, -0.2) is 63.2 Å². The number of hydrogen-bond acceptors (Lipinski definition) is 8. The molecule has 0 saturated carbocycles. The summed E-state index contributed by atoms with van der Waals surface area (Å²) in [5.41, 5.74) is 4.67. The van der Waals surface area contributed by atoms with Crippen LogP contribution in [0.15, 0.2) is 35.5 Å². The highest BCUT2D eigenvalue weighted by Gasteiger charge is 2.40. The second-order valence-corrected chi connectivity index (χ2v) is 8.92. The number of rotatable bonds is 7. The van der Waals surface area contributed by atoms with E-state index < -0.39 is 5.72 Å². The number of nitrogens with zero attached hydrogens (tertiary/aromatic N) is 6. The van der Waals surface area contributed by atoms with Gasteiger partial charge in [-0.1, -0.05) is 26.0 Å². The predicted molar refractivity (Wildman–Crippen MR) is 118 cm³/mol. The van der Waals surface area contributed by atoms with E-state index in [1.807, 2.05) is 19.2 Å². The summed E-state index contributed by atoms with van der Waals surface area (Å²) in [7, 11) is 3.96. The van der Waals surface area contributed by atoms with Crippen molar-refractivity contribution in [2.75, 3.05) is 26.7 Å². The number of hydrogen-bond donors (Lipinski definition) is 1. The lowest BCUT2D eigenvalue weighted by Gasteiger charge is -2.33. The summed E-state index contributed by atoms with van der Waals surface area (Å²) in [6, 6.07) is 8.25. The quantitative estimate of drug-likeness (QED) is 0.725. The summed E-state index contributed by atoms with van der Waals surface area (Å²) < 4.78 is 5.81. The van der Waals surface area contributed by atoms with Crippen molar-refractivity contribution in [2.24, 2.45) is 18.0 Å². The van der Waals surface area contributed by atoms with E-state index in [9.17, 15) is 0 Å². The molecule has 0 unspecified atom stereocenters. The van der Waals surface area contributed by atoms with Crippen molar-refractivity contribution in [2.45, 2.75) is 45.5 Å². The van der Waals surface area contributed by atoms with Crippen molar-refractivity contribution in [1.29, 1.82) is 0 Å². The van der Waals surface area contributed by atoms with Crippen LogP contribution in [0.4, 0.5) is 0 Å². The molecule has 0 radical (unpaired) electrons. The van der Waals surface area contributed by atoms with Crippen LogP contribution in [0.25, 0.3) is 0 Å².